The zero-order valence-electron chi connectivity index (χ0n) is 12.7. The number of benzene rings is 1. The third kappa shape index (κ3) is 4.93. The summed E-state index contributed by atoms with van der Waals surface area (Å²) in [5.41, 5.74) is 1.18. The van der Waals surface area contributed by atoms with Gasteiger partial charge < -0.3 is 5.11 Å². The first kappa shape index (κ1) is 17.2. The van der Waals surface area contributed by atoms with E-state index in [1.807, 2.05) is 26.0 Å². The van der Waals surface area contributed by atoms with Gasteiger partial charge in [0.15, 0.2) is 0 Å². The lowest BCUT2D eigenvalue weighted by Crippen LogP contribution is -2.37. The first-order valence-electron chi connectivity index (χ1n) is 7.26. The third-order valence-electron chi connectivity index (χ3n) is 3.32. The summed E-state index contributed by atoms with van der Waals surface area (Å²) < 4.78 is 1.06. The number of hydrogen-bond donors (Lipinski definition) is 2. The first-order chi connectivity index (χ1) is 10.5. The summed E-state index contributed by atoms with van der Waals surface area (Å²) in [7, 11) is 0. The number of nitrogens with one attached hydrogen (secondary N) is 1. The normalized spacial score (nSPS) is 12.5. The molecule has 0 spiro atoms. The van der Waals surface area contributed by atoms with E-state index in [1.165, 1.54) is 10.4 Å². The highest BCUT2D eigenvalue weighted by molar-refractivity contribution is 9.10. The van der Waals surface area contributed by atoms with Crippen LogP contribution in [0, 0.1) is 5.92 Å². The predicted molar refractivity (Wildman–Crippen MR) is 95.2 cm³/mol. The van der Waals surface area contributed by atoms with E-state index in [0.717, 1.165) is 9.35 Å². The van der Waals surface area contributed by atoms with Crippen LogP contribution in [0.5, 0.6) is 0 Å². The molecule has 118 valence electrons. The minimum atomic E-state index is -0.779. The molecule has 2 rings (SSSR count). The standard InChI is InChI=1S/C17H20BrNO2S/c1-11(2)9-15(17(20)21)19-10-14-7-8-16(22-14)12-3-5-13(18)6-4-12/h3-8,11,15,19H,9-10H2,1-2H3,(H,20,21)/t15-/m0/s1. The molecule has 22 heavy (non-hydrogen) atoms. The van der Waals surface area contributed by atoms with Crippen molar-refractivity contribution in [3.63, 3.8) is 0 Å². The molecule has 0 saturated carbocycles. The molecule has 0 aliphatic rings. The van der Waals surface area contributed by atoms with Gasteiger partial charge in [0.1, 0.15) is 6.04 Å². The van der Waals surface area contributed by atoms with Crippen LogP contribution in [0.15, 0.2) is 40.9 Å². The van der Waals surface area contributed by atoms with Gasteiger partial charge in [-0.25, -0.2) is 0 Å². The summed E-state index contributed by atoms with van der Waals surface area (Å²) >= 11 is 5.13. The lowest BCUT2D eigenvalue weighted by Gasteiger charge is -2.15. The molecule has 2 aromatic rings. The number of carboxylic acid groups (broad SMARTS) is 1. The van der Waals surface area contributed by atoms with E-state index in [4.69, 9.17) is 0 Å². The molecule has 0 amide bonds. The Kier molecular flexibility index (Phi) is 6.17. The lowest BCUT2D eigenvalue weighted by molar-refractivity contribution is -0.140. The van der Waals surface area contributed by atoms with E-state index >= 15 is 0 Å². The second-order valence-corrected chi connectivity index (χ2v) is 7.76. The average molecular weight is 382 g/mol. The zero-order valence-corrected chi connectivity index (χ0v) is 15.1. The quantitative estimate of drug-likeness (QED) is 0.726. The Hall–Kier alpha value is -1.17. The fourth-order valence-electron chi connectivity index (χ4n) is 2.21. The minimum Gasteiger partial charge on any atom is -0.480 e. The molecule has 1 aromatic carbocycles. The Bertz CT molecular complexity index is 622. The molecule has 0 unspecified atom stereocenters. The molecule has 1 heterocycles. The fraction of sp³-hybridized carbons (Fsp3) is 0.353. The highest BCUT2D eigenvalue weighted by Crippen LogP contribution is 2.29. The van der Waals surface area contributed by atoms with E-state index in [1.54, 1.807) is 11.3 Å². The van der Waals surface area contributed by atoms with Gasteiger partial charge in [0.2, 0.25) is 0 Å². The van der Waals surface area contributed by atoms with Gasteiger partial charge in [-0.3, -0.25) is 10.1 Å². The molecule has 2 N–H and O–H groups in total. The van der Waals surface area contributed by atoms with Crippen molar-refractivity contribution in [3.05, 3.63) is 45.7 Å². The molecule has 0 fully saturated rings. The summed E-state index contributed by atoms with van der Waals surface area (Å²) in [4.78, 5) is 13.6. The summed E-state index contributed by atoms with van der Waals surface area (Å²) in [5, 5.41) is 12.4. The van der Waals surface area contributed by atoms with Crippen LogP contribution in [-0.4, -0.2) is 17.1 Å². The molecular weight excluding hydrogens is 362 g/mol. The lowest BCUT2D eigenvalue weighted by atomic mass is 10.0. The van der Waals surface area contributed by atoms with Crippen molar-refractivity contribution < 1.29 is 9.90 Å². The van der Waals surface area contributed by atoms with E-state index in [9.17, 15) is 9.90 Å². The fourth-order valence-corrected chi connectivity index (χ4v) is 3.44. The van der Waals surface area contributed by atoms with E-state index in [-0.39, 0.29) is 0 Å². The zero-order chi connectivity index (χ0) is 16.1. The summed E-state index contributed by atoms with van der Waals surface area (Å²) in [6, 6.07) is 11.9. The van der Waals surface area contributed by atoms with Crippen molar-refractivity contribution in [2.75, 3.05) is 0 Å². The summed E-state index contributed by atoms with van der Waals surface area (Å²) in [5.74, 6) is -0.423. The van der Waals surface area contributed by atoms with Crippen molar-refractivity contribution in [3.8, 4) is 10.4 Å². The third-order valence-corrected chi connectivity index (χ3v) is 4.98. The molecule has 0 aliphatic carbocycles. The second-order valence-electron chi connectivity index (χ2n) is 5.67. The maximum Gasteiger partial charge on any atom is 0.320 e. The van der Waals surface area contributed by atoms with Crippen molar-refractivity contribution >= 4 is 33.2 Å². The monoisotopic (exact) mass is 381 g/mol. The maximum absolute atomic E-state index is 11.3. The Morgan fingerprint density at radius 3 is 2.50 bits per heavy atom. The number of rotatable bonds is 7. The Labute approximate surface area is 143 Å². The van der Waals surface area contributed by atoms with Crippen molar-refractivity contribution in [1.82, 2.24) is 5.32 Å². The van der Waals surface area contributed by atoms with Gasteiger partial charge in [0.05, 0.1) is 0 Å². The summed E-state index contributed by atoms with van der Waals surface area (Å²) in [6.45, 7) is 4.66. The van der Waals surface area contributed by atoms with Gasteiger partial charge in [0, 0.05) is 20.8 Å². The average Bonchev–Trinajstić information content (AvgIpc) is 2.92. The number of carbonyl (C=O) groups is 1. The first-order valence-corrected chi connectivity index (χ1v) is 8.87. The molecule has 0 bridgehead atoms. The largest absolute Gasteiger partial charge is 0.480 e. The Morgan fingerprint density at radius 1 is 1.23 bits per heavy atom. The van der Waals surface area contributed by atoms with Crippen molar-refractivity contribution in [2.24, 2.45) is 5.92 Å². The smallest absolute Gasteiger partial charge is 0.320 e. The molecule has 1 aromatic heterocycles. The van der Waals surface area contributed by atoms with Crippen LogP contribution in [0.4, 0.5) is 0 Å². The van der Waals surface area contributed by atoms with Gasteiger partial charge in [0.25, 0.3) is 0 Å². The van der Waals surface area contributed by atoms with Gasteiger partial charge in [-0.2, -0.15) is 0 Å². The van der Waals surface area contributed by atoms with Crippen LogP contribution >= 0.6 is 27.3 Å². The highest BCUT2D eigenvalue weighted by atomic mass is 79.9. The van der Waals surface area contributed by atoms with Crippen LogP contribution < -0.4 is 5.32 Å². The van der Waals surface area contributed by atoms with Crippen molar-refractivity contribution in [1.29, 1.82) is 0 Å². The van der Waals surface area contributed by atoms with Crippen LogP contribution in [0.1, 0.15) is 25.1 Å². The molecule has 0 aliphatic heterocycles. The van der Waals surface area contributed by atoms with Gasteiger partial charge in [-0.1, -0.05) is 41.9 Å². The minimum absolute atomic E-state index is 0.357. The van der Waals surface area contributed by atoms with E-state index < -0.39 is 12.0 Å². The van der Waals surface area contributed by atoms with E-state index in [2.05, 4.69) is 45.5 Å². The number of thiophene rings is 1. The second kappa shape index (κ2) is 7.90. The Balaban J connectivity index is 1.99. The SMILES string of the molecule is CC(C)C[C@H](NCc1ccc(-c2ccc(Br)cc2)s1)C(=O)O. The topological polar surface area (TPSA) is 49.3 Å². The van der Waals surface area contributed by atoms with Gasteiger partial charge in [-0.05, 0) is 42.2 Å². The summed E-state index contributed by atoms with van der Waals surface area (Å²) in [6.07, 6.45) is 0.639. The number of halogens is 1. The maximum atomic E-state index is 11.3. The molecule has 0 radical (unpaired) electrons. The Morgan fingerprint density at radius 2 is 1.91 bits per heavy atom. The molecule has 1 atom stereocenters. The van der Waals surface area contributed by atoms with Gasteiger partial charge >= 0.3 is 5.97 Å². The predicted octanol–water partition coefficient (Wildman–Crippen LogP) is 4.77. The highest BCUT2D eigenvalue weighted by Gasteiger charge is 2.18. The number of carboxylic acids is 1. The van der Waals surface area contributed by atoms with Crippen LogP contribution in [0.25, 0.3) is 10.4 Å². The number of hydrogen-bond acceptors (Lipinski definition) is 3. The van der Waals surface area contributed by atoms with E-state index in [0.29, 0.717) is 18.9 Å². The van der Waals surface area contributed by atoms with Crippen molar-refractivity contribution in [2.45, 2.75) is 32.9 Å². The number of aliphatic carboxylic acids is 1. The molecule has 0 saturated heterocycles. The molecular formula is C17H20BrNO2S. The van der Waals surface area contributed by atoms with Crippen LogP contribution in [-0.2, 0) is 11.3 Å². The van der Waals surface area contributed by atoms with Crippen LogP contribution in [0.2, 0.25) is 0 Å². The molecule has 5 heteroatoms. The molecule has 3 nitrogen and oxygen atoms in total. The van der Waals surface area contributed by atoms with Gasteiger partial charge in [-0.15, -0.1) is 11.3 Å². The van der Waals surface area contributed by atoms with Crippen LogP contribution in [0.3, 0.4) is 0 Å².